The van der Waals surface area contributed by atoms with Crippen LogP contribution in [-0.4, -0.2) is 113 Å². The number of fused-ring (bicyclic) bond motifs is 1. The van der Waals surface area contributed by atoms with Crippen molar-refractivity contribution in [2.24, 2.45) is 5.92 Å². The van der Waals surface area contributed by atoms with Crippen LogP contribution in [0.4, 0.5) is 11.5 Å². The highest BCUT2D eigenvalue weighted by Crippen LogP contribution is 2.38. The number of rotatable bonds is 9. The summed E-state index contributed by atoms with van der Waals surface area (Å²) in [4.78, 5) is 58.5. The highest BCUT2D eigenvalue weighted by Gasteiger charge is 2.44. The van der Waals surface area contributed by atoms with Gasteiger partial charge in [0.15, 0.2) is 17.7 Å². The molecule has 5 heterocycles. The molecule has 16 heteroatoms. The molecule has 2 aromatic carbocycles. The summed E-state index contributed by atoms with van der Waals surface area (Å²) in [6.45, 7) is 6.20. The molecule has 298 valence electrons. The molecular formula is C41H46ClN9O6. The van der Waals surface area contributed by atoms with Crippen LogP contribution in [0.15, 0.2) is 48.5 Å². The average molecular weight is 796 g/mol. The van der Waals surface area contributed by atoms with Gasteiger partial charge in [-0.2, -0.15) is 5.26 Å². The highest BCUT2D eigenvalue weighted by molar-refractivity contribution is 6.31. The molecule has 5 aliphatic rings. The largest absolute Gasteiger partial charge is 0.490 e. The number of aromatic nitrogens is 2. The second-order valence-corrected chi connectivity index (χ2v) is 16.0. The summed E-state index contributed by atoms with van der Waals surface area (Å²) < 4.78 is 6.08. The van der Waals surface area contributed by atoms with E-state index >= 15 is 0 Å². The summed E-state index contributed by atoms with van der Waals surface area (Å²) in [5.74, 6) is 0.443. The number of nitrogens with zero attached hydrogens (tertiary/aromatic N) is 7. The van der Waals surface area contributed by atoms with Crippen molar-refractivity contribution in [3.63, 3.8) is 0 Å². The normalized spacial score (nSPS) is 24.5. The third kappa shape index (κ3) is 8.39. The number of nitrogens with one attached hydrogen (secondary N) is 2. The van der Waals surface area contributed by atoms with Gasteiger partial charge >= 0.3 is 0 Å². The number of hydrogen-bond donors (Lipinski definition) is 3. The first-order chi connectivity index (χ1) is 27.6. The molecule has 4 amide bonds. The number of anilines is 2. The van der Waals surface area contributed by atoms with Crippen LogP contribution in [0.25, 0.3) is 0 Å². The van der Waals surface area contributed by atoms with E-state index in [2.05, 4.69) is 41.6 Å². The lowest BCUT2D eigenvalue weighted by atomic mass is 9.93. The number of aliphatic hydroxyl groups is 1. The Bertz CT molecular complexity index is 2050. The van der Waals surface area contributed by atoms with Crippen molar-refractivity contribution in [2.45, 2.75) is 75.8 Å². The molecule has 57 heavy (non-hydrogen) atoms. The molecule has 3 saturated heterocycles. The van der Waals surface area contributed by atoms with Gasteiger partial charge in [-0.25, -0.2) is 0 Å². The number of nitriles is 1. The Morgan fingerprint density at radius 2 is 1.68 bits per heavy atom. The molecule has 3 aromatic rings. The number of ether oxygens (including phenoxy) is 1. The lowest BCUT2D eigenvalue weighted by Crippen LogP contribution is -2.53. The number of aliphatic hydroxyl groups excluding tert-OH is 1. The van der Waals surface area contributed by atoms with Crippen LogP contribution < -0.4 is 25.2 Å². The summed E-state index contributed by atoms with van der Waals surface area (Å²) in [5, 5.41) is 34.6. The van der Waals surface area contributed by atoms with Crippen LogP contribution in [0.2, 0.25) is 5.02 Å². The van der Waals surface area contributed by atoms with E-state index in [4.69, 9.17) is 21.6 Å². The van der Waals surface area contributed by atoms with Crippen LogP contribution in [0.5, 0.6) is 5.75 Å². The number of benzene rings is 2. The fourth-order valence-electron chi connectivity index (χ4n) is 8.76. The molecular weight excluding hydrogens is 750 g/mol. The second kappa shape index (κ2) is 16.7. The van der Waals surface area contributed by atoms with E-state index in [1.54, 1.807) is 30.3 Å². The maximum absolute atomic E-state index is 13.2. The van der Waals surface area contributed by atoms with Gasteiger partial charge in [-0.3, -0.25) is 34.3 Å². The summed E-state index contributed by atoms with van der Waals surface area (Å²) in [6, 6.07) is 15.4. The SMILES string of the molecule is N#Cc1ccc(OC2CCC(NC(=O)c3ccc(N4CCC(CN5CCN(c6ccc7c(c6)C(O)N(C6CCC(=O)NC6=O)C7=O)CC5)CC4)nn3)CC2)cc1Cl. The maximum atomic E-state index is 13.2. The smallest absolute Gasteiger partial charge is 0.272 e. The molecule has 4 aliphatic heterocycles. The molecule has 0 bridgehead atoms. The Labute approximate surface area is 335 Å². The number of carbonyl (C=O) groups excluding carboxylic acids is 4. The lowest BCUT2D eigenvalue weighted by molar-refractivity contribution is -0.139. The zero-order chi connectivity index (χ0) is 39.6. The van der Waals surface area contributed by atoms with Gasteiger partial charge in [0.05, 0.1) is 16.7 Å². The van der Waals surface area contributed by atoms with Gasteiger partial charge in [0.1, 0.15) is 17.9 Å². The van der Waals surface area contributed by atoms with Gasteiger partial charge in [0.2, 0.25) is 11.8 Å². The zero-order valence-electron chi connectivity index (χ0n) is 31.6. The molecule has 3 N–H and O–H groups in total. The van der Waals surface area contributed by atoms with E-state index in [1.165, 1.54) is 4.90 Å². The first-order valence-corrected chi connectivity index (χ1v) is 20.2. The van der Waals surface area contributed by atoms with E-state index in [0.717, 1.165) is 95.8 Å². The Morgan fingerprint density at radius 1 is 0.912 bits per heavy atom. The van der Waals surface area contributed by atoms with E-state index < -0.39 is 24.1 Å². The maximum Gasteiger partial charge on any atom is 0.272 e. The minimum atomic E-state index is -1.24. The van der Waals surface area contributed by atoms with E-state index in [9.17, 15) is 24.3 Å². The standard InChI is InChI=1S/C41H46ClN9O6/c42-33-22-30(5-1-26(33)23-43)57-29-6-2-27(3-7-29)44-38(53)34-9-11-36(47-46-34)50-15-13-25(14-16-50)24-48-17-19-49(20-18-48)28-4-8-31-32(21-28)41(56)51(40(31)55)35-10-12-37(52)45-39(35)54/h1,4-5,8-9,11,21-22,25,27,29,35,41,56H,2-3,6-7,10,12-20,24H2,(H,44,53)(H,45,52,54). The summed E-state index contributed by atoms with van der Waals surface area (Å²) in [5.41, 5.74) is 2.53. The van der Waals surface area contributed by atoms with Crippen molar-refractivity contribution in [1.82, 2.24) is 30.6 Å². The van der Waals surface area contributed by atoms with Gasteiger partial charge in [0, 0.05) is 81.2 Å². The number of hydrogen-bond acceptors (Lipinski definition) is 12. The quantitative estimate of drug-likeness (QED) is 0.269. The molecule has 0 radical (unpaired) electrons. The third-order valence-electron chi connectivity index (χ3n) is 12.0. The lowest BCUT2D eigenvalue weighted by Gasteiger charge is -2.40. The van der Waals surface area contributed by atoms with E-state index in [0.29, 0.717) is 39.1 Å². The molecule has 15 nitrogen and oxygen atoms in total. The van der Waals surface area contributed by atoms with Gasteiger partial charge in [-0.1, -0.05) is 11.6 Å². The Kier molecular flexibility index (Phi) is 11.3. The van der Waals surface area contributed by atoms with Crippen LogP contribution in [0.3, 0.4) is 0 Å². The highest BCUT2D eigenvalue weighted by atomic mass is 35.5. The summed E-state index contributed by atoms with van der Waals surface area (Å²) >= 11 is 6.14. The van der Waals surface area contributed by atoms with Gasteiger partial charge < -0.3 is 25.0 Å². The molecule has 1 saturated carbocycles. The molecule has 1 aliphatic carbocycles. The van der Waals surface area contributed by atoms with Crippen LogP contribution in [-0.2, 0) is 9.59 Å². The summed E-state index contributed by atoms with van der Waals surface area (Å²) in [6.07, 6.45) is 4.33. The zero-order valence-corrected chi connectivity index (χ0v) is 32.4. The number of piperazine rings is 1. The topological polar surface area (TPSA) is 184 Å². The predicted octanol–water partition coefficient (Wildman–Crippen LogP) is 3.41. The number of imide groups is 1. The molecule has 2 atom stereocenters. The van der Waals surface area contributed by atoms with Crippen LogP contribution in [0, 0.1) is 17.2 Å². The van der Waals surface area contributed by atoms with Crippen molar-refractivity contribution in [2.75, 3.05) is 55.6 Å². The molecule has 1 aromatic heterocycles. The fourth-order valence-corrected chi connectivity index (χ4v) is 8.98. The molecule has 4 fully saturated rings. The Hall–Kier alpha value is -5.30. The fraction of sp³-hybridized carbons (Fsp3) is 0.488. The number of piperidine rings is 2. The first-order valence-electron chi connectivity index (χ1n) is 19.8. The van der Waals surface area contributed by atoms with Gasteiger partial charge in [-0.05, 0) is 93.3 Å². The van der Waals surface area contributed by atoms with Crippen molar-refractivity contribution in [1.29, 1.82) is 5.26 Å². The number of carbonyl (C=O) groups is 4. The van der Waals surface area contributed by atoms with Crippen molar-refractivity contribution in [3.8, 4) is 11.8 Å². The molecule has 8 rings (SSSR count). The molecule has 2 unspecified atom stereocenters. The predicted molar refractivity (Wildman–Crippen MR) is 210 cm³/mol. The number of halogens is 1. The van der Waals surface area contributed by atoms with Gasteiger partial charge in [-0.15, -0.1) is 10.2 Å². The van der Waals surface area contributed by atoms with Crippen molar-refractivity contribution >= 4 is 46.7 Å². The van der Waals surface area contributed by atoms with Crippen molar-refractivity contribution in [3.05, 3.63) is 75.9 Å². The first kappa shape index (κ1) is 38.6. The van der Waals surface area contributed by atoms with E-state index in [-0.39, 0.29) is 36.8 Å². The monoisotopic (exact) mass is 795 g/mol. The van der Waals surface area contributed by atoms with Crippen molar-refractivity contribution < 1.29 is 29.0 Å². The summed E-state index contributed by atoms with van der Waals surface area (Å²) in [7, 11) is 0. The Balaban J connectivity index is 0.752. The van der Waals surface area contributed by atoms with Gasteiger partial charge in [0.25, 0.3) is 11.8 Å². The van der Waals surface area contributed by atoms with Crippen LogP contribution in [0.1, 0.15) is 89.6 Å². The average Bonchev–Trinajstić information content (AvgIpc) is 3.47. The Morgan fingerprint density at radius 3 is 2.37 bits per heavy atom. The molecule has 0 spiro atoms. The van der Waals surface area contributed by atoms with Crippen LogP contribution >= 0.6 is 11.6 Å². The third-order valence-corrected chi connectivity index (χ3v) is 12.3. The minimum Gasteiger partial charge on any atom is -0.490 e. The minimum absolute atomic E-state index is 0.0207. The van der Waals surface area contributed by atoms with E-state index in [1.807, 2.05) is 18.2 Å². The second-order valence-electron chi connectivity index (χ2n) is 15.6. The number of amides is 4.